The summed E-state index contributed by atoms with van der Waals surface area (Å²) >= 11 is 0. The number of piperidine rings is 1. The molecule has 4 nitrogen and oxygen atoms in total. The Morgan fingerprint density at radius 2 is 1.88 bits per heavy atom. The van der Waals surface area contributed by atoms with Gasteiger partial charge >= 0.3 is 12.1 Å². The maximum atomic E-state index is 14.1. The number of nitrogens with zero attached hydrogens (tertiary/aromatic N) is 1. The van der Waals surface area contributed by atoms with Crippen LogP contribution < -0.4 is 4.74 Å². The van der Waals surface area contributed by atoms with Gasteiger partial charge in [0.25, 0.3) is 0 Å². The van der Waals surface area contributed by atoms with Crippen LogP contribution in [0.1, 0.15) is 63.0 Å². The van der Waals surface area contributed by atoms with Gasteiger partial charge in [-0.1, -0.05) is 31.2 Å². The van der Waals surface area contributed by atoms with E-state index < -0.39 is 17.7 Å². The molecule has 34 heavy (non-hydrogen) atoms. The van der Waals surface area contributed by atoms with Crippen molar-refractivity contribution in [1.29, 1.82) is 0 Å². The Morgan fingerprint density at radius 3 is 2.59 bits per heavy atom. The van der Waals surface area contributed by atoms with Gasteiger partial charge in [-0.25, -0.2) is 0 Å². The number of carbonyl (C=O) groups is 1. The number of hydrogen-bond acceptors (Lipinski definition) is 3. The van der Waals surface area contributed by atoms with E-state index in [-0.39, 0.29) is 29.6 Å². The summed E-state index contributed by atoms with van der Waals surface area (Å²) in [7, 11) is 0. The zero-order valence-corrected chi connectivity index (χ0v) is 19.7. The molecule has 4 rings (SSSR count). The zero-order chi connectivity index (χ0) is 24.3. The fourth-order valence-electron chi connectivity index (χ4n) is 5.49. The third-order valence-electron chi connectivity index (χ3n) is 7.37. The number of halogens is 3. The monoisotopic (exact) mass is 477 g/mol. The number of fused-ring (bicyclic) bond motifs is 1. The van der Waals surface area contributed by atoms with Gasteiger partial charge < -0.3 is 14.7 Å². The second kappa shape index (κ2) is 10.5. The Labute approximate surface area is 199 Å². The molecule has 1 saturated carbocycles. The molecule has 0 radical (unpaired) electrons. The van der Waals surface area contributed by atoms with Crippen LogP contribution in [0, 0.1) is 11.8 Å². The Kier molecular flexibility index (Phi) is 7.70. The van der Waals surface area contributed by atoms with Gasteiger partial charge in [0, 0.05) is 19.5 Å². The van der Waals surface area contributed by atoms with Gasteiger partial charge in [0.2, 0.25) is 0 Å². The number of rotatable bonds is 7. The molecule has 0 amide bonds. The van der Waals surface area contributed by atoms with Crippen molar-refractivity contribution in [3.05, 3.63) is 41.5 Å². The summed E-state index contributed by atoms with van der Waals surface area (Å²) in [6, 6.07) is 8.41. The van der Waals surface area contributed by atoms with Crippen LogP contribution in [0.2, 0.25) is 0 Å². The van der Waals surface area contributed by atoms with Crippen LogP contribution in [0.4, 0.5) is 13.2 Å². The largest absolute Gasteiger partial charge is 0.490 e. The average molecular weight is 478 g/mol. The molecule has 1 aliphatic carbocycles. The smallest absolute Gasteiger partial charge is 0.420 e. The summed E-state index contributed by atoms with van der Waals surface area (Å²) in [5, 5.41) is 9.80. The van der Waals surface area contributed by atoms with Crippen molar-refractivity contribution >= 4 is 16.7 Å². The van der Waals surface area contributed by atoms with E-state index in [0.29, 0.717) is 11.3 Å². The van der Waals surface area contributed by atoms with E-state index >= 15 is 0 Å². The number of aliphatic carboxylic acids is 1. The van der Waals surface area contributed by atoms with E-state index in [2.05, 4.69) is 11.8 Å². The van der Waals surface area contributed by atoms with Crippen molar-refractivity contribution < 1.29 is 27.8 Å². The fourth-order valence-corrected chi connectivity index (χ4v) is 5.49. The summed E-state index contributed by atoms with van der Waals surface area (Å²) in [5.41, 5.74) is 0.304. The molecule has 1 unspecified atom stereocenters. The van der Waals surface area contributed by atoms with E-state index in [1.807, 2.05) is 6.07 Å². The lowest BCUT2D eigenvalue weighted by Crippen LogP contribution is -2.37. The Balaban J connectivity index is 1.48. The molecule has 186 valence electrons. The summed E-state index contributed by atoms with van der Waals surface area (Å²) in [6.45, 7) is 4.64. The average Bonchev–Trinajstić information content (AvgIpc) is 2.78. The van der Waals surface area contributed by atoms with Crippen molar-refractivity contribution in [3.8, 4) is 5.75 Å². The summed E-state index contributed by atoms with van der Waals surface area (Å²) < 4.78 is 48.1. The maximum absolute atomic E-state index is 14.1. The third kappa shape index (κ3) is 6.23. The highest BCUT2D eigenvalue weighted by Gasteiger charge is 2.37. The molecule has 1 atom stereocenters. The molecule has 1 aliphatic heterocycles. The predicted molar refractivity (Wildman–Crippen MR) is 126 cm³/mol. The Bertz CT molecular complexity index is 999. The lowest BCUT2D eigenvalue weighted by Gasteiger charge is -2.32. The van der Waals surface area contributed by atoms with Crippen molar-refractivity contribution in [3.63, 3.8) is 0 Å². The van der Waals surface area contributed by atoms with Crippen LogP contribution in [-0.4, -0.2) is 41.7 Å². The van der Waals surface area contributed by atoms with Gasteiger partial charge in [0.05, 0.1) is 6.10 Å². The lowest BCUT2D eigenvalue weighted by atomic mass is 9.89. The molecule has 1 heterocycles. The fraction of sp³-hybridized carbons (Fsp3) is 0.593. The molecule has 0 bridgehead atoms. The molecule has 2 fully saturated rings. The number of benzene rings is 2. The highest BCUT2D eigenvalue weighted by molar-refractivity contribution is 5.89. The number of likely N-dealkylation sites (tertiary alicyclic amines) is 1. The van der Waals surface area contributed by atoms with Gasteiger partial charge in [0.15, 0.2) is 0 Å². The van der Waals surface area contributed by atoms with E-state index in [1.54, 1.807) is 18.2 Å². The first kappa shape index (κ1) is 24.8. The number of ether oxygens (including phenoxy) is 1. The van der Waals surface area contributed by atoms with Crippen LogP contribution in [0.15, 0.2) is 30.3 Å². The van der Waals surface area contributed by atoms with Crippen LogP contribution >= 0.6 is 0 Å². The summed E-state index contributed by atoms with van der Waals surface area (Å²) in [6.07, 6.45) is 1.71. The Hall–Kier alpha value is -2.28. The summed E-state index contributed by atoms with van der Waals surface area (Å²) in [5.74, 6) is -0.0544. The van der Waals surface area contributed by atoms with Gasteiger partial charge in [0.1, 0.15) is 11.3 Å². The maximum Gasteiger partial charge on any atom is 0.420 e. The molecular formula is C27H34F3NO3. The number of carboxylic acids is 1. The highest BCUT2D eigenvalue weighted by atomic mass is 19.4. The van der Waals surface area contributed by atoms with Crippen LogP contribution in [0.3, 0.4) is 0 Å². The molecular weight excluding hydrogens is 443 g/mol. The molecule has 1 N–H and O–H groups in total. The van der Waals surface area contributed by atoms with Crippen molar-refractivity contribution in [2.75, 3.05) is 19.6 Å². The van der Waals surface area contributed by atoms with Gasteiger partial charge in [-0.2, -0.15) is 13.2 Å². The quantitative estimate of drug-likeness (QED) is 0.492. The SMILES string of the molecule is CC1CCC(Oc2ccc3cc(CCN4CCCC(CC(=O)O)C4)ccc3c2C(F)(F)F)CC1. The molecule has 2 aliphatic rings. The zero-order valence-electron chi connectivity index (χ0n) is 19.7. The van der Waals surface area contributed by atoms with Crippen LogP contribution in [-0.2, 0) is 17.4 Å². The second-order valence-electron chi connectivity index (χ2n) is 10.1. The summed E-state index contributed by atoms with van der Waals surface area (Å²) in [4.78, 5) is 13.3. The highest BCUT2D eigenvalue weighted by Crippen LogP contribution is 2.42. The molecule has 1 saturated heterocycles. The lowest BCUT2D eigenvalue weighted by molar-refractivity contribution is -0.139. The minimum absolute atomic E-state index is 0.0647. The minimum Gasteiger partial charge on any atom is -0.490 e. The van der Waals surface area contributed by atoms with Gasteiger partial charge in [-0.05, 0) is 85.7 Å². The number of alkyl halides is 3. The number of hydrogen-bond donors (Lipinski definition) is 1. The second-order valence-corrected chi connectivity index (χ2v) is 10.1. The van der Waals surface area contributed by atoms with Gasteiger partial charge in [-0.15, -0.1) is 0 Å². The van der Waals surface area contributed by atoms with E-state index in [9.17, 15) is 18.0 Å². The molecule has 7 heteroatoms. The topological polar surface area (TPSA) is 49.8 Å². The van der Waals surface area contributed by atoms with Crippen LogP contribution in [0.25, 0.3) is 10.8 Å². The number of carboxylic acid groups (broad SMARTS) is 1. The van der Waals surface area contributed by atoms with Crippen molar-refractivity contribution in [1.82, 2.24) is 4.90 Å². The first-order valence-corrected chi connectivity index (χ1v) is 12.4. The van der Waals surface area contributed by atoms with Crippen molar-refractivity contribution in [2.24, 2.45) is 11.8 Å². The molecule has 2 aromatic carbocycles. The van der Waals surface area contributed by atoms with E-state index in [4.69, 9.17) is 9.84 Å². The molecule has 2 aromatic rings. The predicted octanol–water partition coefficient (Wildman–Crippen LogP) is 6.55. The normalized spacial score (nSPS) is 24.3. The first-order chi connectivity index (χ1) is 16.2. The first-order valence-electron chi connectivity index (χ1n) is 12.4. The van der Waals surface area contributed by atoms with Gasteiger partial charge in [-0.3, -0.25) is 4.79 Å². The molecule has 0 aromatic heterocycles. The Morgan fingerprint density at radius 1 is 1.12 bits per heavy atom. The van der Waals surface area contributed by atoms with E-state index in [0.717, 1.165) is 70.1 Å². The van der Waals surface area contributed by atoms with Crippen LogP contribution in [0.5, 0.6) is 5.75 Å². The van der Waals surface area contributed by atoms with E-state index in [1.165, 1.54) is 6.07 Å². The molecule has 0 spiro atoms. The minimum atomic E-state index is -4.49. The van der Waals surface area contributed by atoms with Crippen molar-refractivity contribution in [2.45, 2.75) is 70.6 Å². The standard InChI is InChI=1S/C27H34F3NO3/c1-18-4-8-22(9-5-18)34-24-11-7-21-15-19(6-10-23(21)26(24)27(28,29)30)12-14-31-13-2-3-20(17-31)16-25(32)33/h6-7,10-11,15,18,20,22H,2-5,8-9,12-14,16-17H2,1H3,(H,32,33). The third-order valence-corrected chi connectivity index (χ3v) is 7.37.